The van der Waals surface area contributed by atoms with Gasteiger partial charge in [-0.1, -0.05) is 23.2 Å². The first-order chi connectivity index (χ1) is 17.4. The molecule has 5 rings (SSSR count). The van der Waals surface area contributed by atoms with E-state index in [0.717, 1.165) is 43.6 Å². The lowest BCUT2D eigenvalue weighted by Crippen LogP contribution is -2.48. The molecule has 0 radical (unpaired) electrons. The maximum atomic E-state index is 13.1. The van der Waals surface area contributed by atoms with E-state index in [0.29, 0.717) is 47.7 Å². The highest BCUT2D eigenvalue weighted by atomic mass is 35.5. The van der Waals surface area contributed by atoms with Gasteiger partial charge in [-0.25, -0.2) is 0 Å². The minimum absolute atomic E-state index is 0.144. The summed E-state index contributed by atoms with van der Waals surface area (Å²) in [5.41, 5.74) is 2.51. The van der Waals surface area contributed by atoms with E-state index in [9.17, 15) is 14.9 Å². The number of hydrogen-bond acceptors (Lipinski definition) is 6. The number of halogens is 2. The SMILES string of the molecule is O=C(c1ccc(-c2ccc(Cl)c(Cl)c2)o1)N1CCN(c2ccc([N+](=O)[O-])c(N3CCCCC3)c2)CC1. The van der Waals surface area contributed by atoms with E-state index in [1.165, 1.54) is 0 Å². The summed E-state index contributed by atoms with van der Waals surface area (Å²) < 4.78 is 5.83. The Balaban J connectivity index is 1.26. The van der Waals surface area contributed by atoms with E-state index in [1.807, 2.05) is 6.07 Å². The maximum Gasteiger partial charge on any atom is 0.292 e. The fourth-order valence-electron chi connectivity index (χ4n) is 4.83. The Morgan fingerprint density at radius 3 is 2.28 bits per heavy atom. The molecule has 1 amide bonds. The Morgan fingerprint density at radius 2 is 1.58 bits per heavy atom. The molecule has 3 aromatic rings. The second kappa shape index (κ2) is 10.4. The number of anilines is 2. The monoisotopic (exact) mass is 528 g/mol. The van der Waals surface area contributed by atoms with Gasteiger partial charge in [0.1, 0.15) is 11.4 Å². The van der Waals surface area contributed by atoms with Crippen molar-refractivity contribution in [3.63, 3.8) is 0 Å². The summed E-state index contributed by atoms with van der Waals surface area (Å²) in [6, 6.07) is 14.0. The van der Waals surface area contributed by atoms with Crippen molar-refractivity contribution in [3.8, 4) is 11.3 Å². The fourth-order valence-corrected chi connectivity index (χ4v) is 5.13. The van der Waals surface area contributed by atoms with Crippen molar-refractivity contribution in [2.24, 2.45) is 0 Å². The van der Waals surface area contributed by atoms with Gasteiger partial charge in [0.2, 0.25) is 0 Å². The number of piperidine rings is 1. The average molecular weight is 529 g/mol. The number of amides is 1. The predicted molar refractivity (Wildman–Crippen MR) is 141 cm³/mol. The maximum absolute atomic E-state index is 13.1. The zero-order valence-electron chi connectivity index (χ0n) is 19.7. The van der Waals surface area contributed by atoms with E-state index in [4.69, 9.17) is 27.6 Å². The number of furan rings is 1. The second-order valence-electron chi connectivity index (χ2n) is 9.05. The summed E-state index contributed by atoms with van der Waals surface area (Å²) in [6.07, 6.45) is 3.24. The molecule has 2 aromatic carbocycles. The van der Waals surface area contributed by atoms with Gasteiger partial charge in [0.25, 0.3) is 11.6 Å². The van der Waals surface area contributed by atoms with Crippen LogP contribution in [0.3, 0.4) is 0 Å². The molecule has 10 heteroatoms. The molecule has 188 valence electrons. The van der Waals surface area contributed by atoms with Crippen LogP contribution < -0.4 is 9.80 Å². The Morgan fingerprint density at radius 1 is 0.833 bits per heavy atom. The normalized spacial score (nSPS) is 16.3. The minimum Gasteiger partial charge on any atom is -0.451 e. The van der Waals surface area contributed by atoms with E-state index in [-0.39, 0.29) is 22.3 Å². The largest absolute Gasteiger partial charge is 0.451 e. The van der Waals surface area contributed by atoms with E-state index in [1.54, 1.807) is 47.4 Å². The topological polar surface area (TPSA) is 83.1 Å². The first-order valence-corrected chi connectivity index (χ1v) is 12.8. The molecule has 3 heterocycles. The van der Waals surface area contributed by atoms with Crippen LogP contribution in [-0.4, -0.2) is 55.0 Å². The number of carbonyl (C=O) groups excluding carboxylic acids is 1. The number of nitrogens with zero attached hydrogens (tertiary/aromatic N) is 4. The van der Waals surface area contributed by atoms with E-state index < -0.39 is 0 Å². The lowest BCUT2D eigenvalue weighted by atomic mass is 10.1. The van der Waals surface area contributed by atoms with Gasteiger partial charge in [-0.3, -0.25) is 14.9 Å². The zero-order chi connectivity index (χ0) is 25.2. The lowest BCUT2D eigenvalue weighted by Gasteiger charge is -2.36. The fraction of sp³-hybridized carbons (Fsp3) is 0.346. The second-order valence-corrected chi connectivity index (χ2v) is 9.86. The molecule has 36 heavy (non-hydrogen) atoms. The number of piperazine rings is 1. The van der Waals surface area contributed by atoms with Gasteiger partial charge in [-0.15, -0.1) is 0 Å². The van der Waals surface area contributed by atoms with E-state index in [2.05, 4.69) is 9.80 Å². The molecular weight excluding hydrogens is 503 g/mol. The zero-order valence-corrected chi connectivity index (χ0v) is 21.2. The molecule has 0 bridgehead atoms. The molecule has 2 saturated heterocycles. The van der Waals surface area contributed by atoms with Crippen LogP contribution in [0.2, 0.25) is 10.0 Å². The Bertz CT molecular complexity index is 1280. The summed E-state index contributed by atoms with van der Waals surface area (Å²) in [7, 11) is 0. The molecule has 0 unspecified atom stereocenters. The van der Waals surface area contributed by atoms with Crippen molar-refractivity contribution < 1.29 is 14.1 Å². The summed E-state index contributed by atoms with van der Waals surface area (Å²) in [5, 5.41) is 12.5. The number of benzene rings is 2. The number of hydrogen-bond donors (Lipinski definition) is 0. The highest BCUT2D eigenvalue weighted by molar-refractivity contribution is 6.42. The number of nitro benzene ring substituents is 1. The molecule has 2 aliphatic heterocycles. The Hall–Kier alpha value is -3.23. The third-order valence-corrected chi connectivity index (χ3v) is 7.54. The van der Waals surface area contributed by atoms with Gasteiger partial charge in [-0.2, -0.15) is 0 Å². The smallest absolute Gasteiger partial charge is 0.292 e. The first-order valence-electron chi connectivity index (χ1n) is 12.0. The Labute approximate surface area is 219 Å². The Kier molecular flexibility index (Phi) is 7.07. The van der Waals surface area contributed by atoms with Crippen molar-refractivity contribution in [3.05, 3.63) is 74.5 Å². The van der Waals surface area contributed by atoms with Gasteiger partial charge >= 0.3 is 0 Å². The summed E-state index contributed by atoms with van der Waals surface area (Å²) in [4.78, 5) is 30.5. The number of nitro groups is 1. The molecule has 2 aliphatic rings. The third kappa shape index (κ3) is 5.01. The summed E-state index contributed by atoms with van der Waals surface area (Å²) in [6.45, 7) is 3.97. The van der Waals surface area contributed by atoms with Gasteiger partial charge in [0.05, 0.1) is 15.0 Å². The highest BCUT2D eigenvalue weighted by Gasteiger charge is 2.27. The number of carbonyl (C=O) groups is 1. The summed E-state index contributed by atoms with van der Waals surface area (Å²) >= 11 is 12.1. The van der Waals surface area contributed by atoms with Crippen LogP contribution in [0.25, 0.3) is 11.3 Å². The molecule has 2 fully saturated rings. The number of rotatable bonds is 5. The van der Waals surface area contributed by atoms with Crippen LogP contribution >= 0.6 is 23.2 Å². The standard InChI is InChI=1S/C26H26Cl2N4O4/c27-20-6-4-18(16-21(20)28)24-8-9-25(36-24)26(33)31-14-12-29(13-15-31)19-5-7-22(32(34)35)23(17-19)30-10-2-1-3-11-30/h4-9,16-17H,1-3,10-15H2. The van der Waals surface area contributed by atoms with Gasteiger partial charge in [0, 0.05) is 56.6 Å². The van der Waals surface area contributed by atoms with Gasteiger partial charge < -0.3 is 19.1 Å². The molecule has 1 aromatic heterocycles. The van der Waals surface area contributed by atoms with Crippen molar-refractivity contribution in [2.45, 2.75) is 19.3 Å². The van der Waals surface area contributed by atoms with E-state index >= 15 is 0 Å². The molecule has 8 nitrogen and oxygen atoms in total. The molecule has 0 atom stereocenters. The van der Waals surface area contributed by atoms with Crippen LogP contribution in [-0.2, 0) is 0 Å². The minimum atomic E-state index is -0.306. The van der Waals surface area contributed by atoms with Crippen LogP contribution in [0.1, 0.15) is 29.8 Å². The van der Waals surface area contributed by atoms with Crippen molar-refractivity contribution in [1.29, 1.82) is 0 Å². The average Bonchev–Trinajstić information content (AvgIpc) is 3.40. The van der Waals surface area contributed by atoms with Crippen LogP contribution in [0.4, 0.5) is 17.1 Å². The molecule has 0 N–H and O–H groups in total. The predicted octanol–water partition coefficient (Wildman–Crippen LogP) is 6.11. The van der Waals surface area contributed by atoms with Gasteiger partial charge in [0.15, 0.2) is 5.76 Å². The van der Waals surface area contributed by atoms with Gasteiger partial charge in [-0.05, 0) is 61.7 Å². The van der Waals surface area contributed by atoms with Crippen LogP contribution in [0.15, 0.2) is 52.9 Å². The molecule has 0 aliphatic carbocycles. The first kappa shape index (κ1) is 24.5. The van der Waals surface area contributed by atoms with Crippen molar-refractivity contribution in [2.75, 3.05) is 49.1 Å². The highest BCUT2D eigenvalue weighted by Crippen LogP contribution is 2.35. The summed E-state index contributed by atoms with van der Waals surface area (Å²) in [5.74, 6) is 0.651. The third-order valence-electron chi connectivity index (χ3n) is 6.81. The molecule has 0 spiro atoms. The van der Waals surface area contributed by atoms with Crippen LogP contribution in [0, 0.1) is 10.1 Å². The van der Waals surface area contributed by atoms with Crippen LogP contribution in [0.5, 0.6) is 0 Å². The quantitative estimate of drug-likeness (QED) is 0.293. The molecule has 0 saturated carbocycles. The van der Waals surface area contributed by atoms with Crippen molar-refractivity contribution in [1.82, 2.24) is 4.90 Å². The lowest BCUT2D eigenvalue weighted by molar-refractivity contribution is -0.384. The molecular formula is C26H26Cl2N4O4. The van der Waals surface area contributed by atoms with Crippen molar-refractivity contribution >= 4 is 46.2 Å².